The zero-order valence-corrected chi connectivity index (χ0v) is 13.6. The lowest BCUT2D eigenvalue weighted by Crippen LogP contribution is -2.61. The molecule has 1 aliphatic carbocycles. The molecule has 0 aromatic heterocycles. The first kappa shape index (κ1) is 16.2. The van der Waals surface area contributed by atoms with Crippen molar-refractivity contribution in [2.45, 2.75) is 52.0 Å². The molecule has 2 rings (SSSR count). The van der Waals surface area contributed by atoms with Crippen LogP contribution in [0.3, 0.4) is 0 Å². The molecule has 1 heterocycles. The topological polar surface area (TPSA) is 72.6 Å². The number of piperidine rings is 1. The van der Waals surface area contributed by atoms with Crippen LogP contribution in [0.25, 0.3) is 0 Å². The van der Waals surface area contributed by atoms with E-state index in [9.17, 15) is 9.59 Å². The third-order valence-electron chi connectivity index (χ3n) is 4.60. The number of thiocarbonyl (C=S) groups is 1. The SMILES string of the molecule is CCOC(=O)C1CCCCN1C(=O)C1(C(N)=S)CC(C)C1. The van der Waals surface area contributed by atoms with Crippen molar-refractivity contribution in [3.8, 4) is 0 Å². The lowest BCUT2D eigenvalue weighted by atomic mass is 9.61. The van der Waals surface area contributed by atoms with Crippen LogP contribution in [0.2, 0.25) is 0 Å². The zero-order chi connectivity index (χ0) is 15.6. The van der Waals surface area contributed by atoms with Gasteiger partial charge in [0.2, 0.25) is 5.91 Å². The molecule has 2 N–H and O–H groups in total. The summed E-state index contributed by atoms with van der Waals surface area (Å²) in [4.78, 5) is 27.0. The van der Waals surface area contributed by atoms with Crippen molar-refractivity contribution in [2.24, 2.45) is 17.1 Å². The fourth-order valence-corrected chi connectivity index (χ4v) is 3.80. The Morgan fingerprint density at radius 1 is 1.38 bits per heavy atom. The van der Waals surface area contributed by atoms with Crippen molar-refractivity contribution in [2.75, 3.05) is 13.2 Å². The molecule has 1 atom stereocenters. The number of esters is 1. The number of ether oxygens (including phenoxy) is 1. The van der Waals surface area contributed by atoms with Crippen LogP contribution in [0.5, 0.6) is 0 Å². The van der Waals surface area contributed by atoms with E-state index in [0.717, 1.165) is 12.8 Å². The molecule has 1 unspecified atom stereocenters. The molecule has 21 heavy (non-hydrogen) atoms. The van der Waals surface area contributed by atoms with Gasteiger partial charge in [0.1, 0.15) is 6.04 Å². The summed E-state index contributed by atoms with van der Waals surface area (Å²) in [5.74, 6) is 0.0585. The van der Waals surface area contributed by atoms with Crippen LogP contribution < -0.4 is 5.73 Å². The highest BCUT2D eigenvalue weighted by atomic mass is 32.1. The van der Waals surface area contributed by atoms with Crippen molar-refractivity contribution < 1.29 is 14.3 Å². The maximum absolute atomic E-state index is 13.0. The quantitative estimate of drug-likeness (QED) is 0.631. The highest BCUT2D eigenvalue weighted by Gasteiger charge is 2.54. The number of likely N-dealkylation sites (tertiary alicyclic amines) is 1. The Morgan fingerprint density at radius 2 is 2.05 bits per heavy atom. The number of carbonyl (C=O) groups excluding carboxylic acids is 2. The van der Waals surface area contributed by atoms with Gasteiger partial charge in [0.15, 0.2) is 0 Å². The van der Waals surface area contributed by atoms with Gasteiger partial charge in [-0.2, -0.15) is 0 Å². The summed E-state index contributed by atoms with van der Waals surface area (Å²) in [6.45, 7) is 4.77. The van der Waals surface area contributed by atoms with Crippen LogP contribution in [-0.4, -0.2) is 41.0 Å². The Balaban J connectivity index is 2.18. The van der Waals surface area contributed by atoms with Gasteiger partial charge in [-0.1, -0.05) is 19.1 Å². The van der Waals surface area contributed by atoms with Gasteiger partial charge in [-0.3, -0.25) is 4.79 Å². The third kappa shape index (κ3) is 2.91. The molecule has 0 aromatic carbocycles. The molecule has 2 fully saturated rings. The number of hydrogen-bond donors (Lipinski definition) is 1. The highest BCUT2D eigenvalue weighted by molar-refractivity contribution is 7.80. The first-order valence-electron chi connectivity index (χ1n) is 7.70. The Morgan fingerprint density at radius 3 is 2.57 bits per heavy atom. The number of carbonyl (C=O) groups is 2. The molecule has 1 saturated carbocycles. The first-order valence-corrected chi connectivity index (χ1v) is 8.11. The number of nitrogens with two attached hydrogens (primary N) is 1. The summed E-state index contributed by atoms with van der Waals surface area (Å²) >= 11 is 5.15. The van der Waals surface area contributed by atoms with Gasteiger partial charge in [-0.25, -0.2) is 4.79 Å². The minimum atomic E-state index is -0.739. The van der Waals surface area contributed by atoms with Crippen LogP contribution in [-0.2, 0) is 14.3 Å². The Bertz CT molecular complexity index is 446. The third-order valence-corrected chi connectivity index (χ3v) is 4.99. The van der Waals surface area contributed by atoms with Gasteiger partial charge in [0.05, 0.1) is 17.0 Å². The van der Waals surface area contributed by atoms with Crippen molar-refractivity contribution in [1.82, 2.24) is 4.90 Å². The van der Waals surface area contributed by atoms with Gasteiger partial charge in [0.25, 0.3) is 0 Å². The van der Waals surface area contributed by atoms with Crippen LogP contribution in [0.15, 0.2) is 0 Å². The summed E-state index contributed by atoms with van der Waals surface area (Å²) in [7, 11) is 0. The van der Waals surface area contributed by atoms with Crippen LogP contribution in [0.4, 0.5) is 0 Å². The maximum atomic E-state index is 13.0. The fourth-order valence-electron chi connectivity index (χ4n) is 3.54. The minimum Gasteiger partial charge on any atom is -0.464 e. The lowest BCUT2D eigenvalue weighted by Gasteiger charge is -2.48. The summed E-state index contributed by atoms with van der Waals surface area (Å²) < 4.78 is 5.11. The summed E-state index contributed by atoms with van der Waals surface area (Å²) in [5.41, 5.74) is 5.11. The molecular weight excluding hydrogens is 288 g/mol. The van der Waals surface area contributed by atoms with E-state index in [1.54, 1.807) is 11.8 Å². The molecule has 0 radical (unpaired) electrons. The normalized spacial score (nSPS) is 32.2. The van der Waals surface area contributed by atoms with E-state index < -0.39 is 11.5 Å². The molecule has 1 saturated heterocycles. The van der Waals surface area contributed by atoms with E-state index in [1.807, 2.05) is 0 Å². The van der Waals surface area contributed by atoms with Gasteiger partial charge >= 0.3 is 5.97 Å². The monoisotopic (exact) mass is 312 g/mol. The van der Waals surface area contributed by atoms with E-state index in [0.29, 0.717) is 38.3 Å². The summed E-state index contributed by atoms with van der Waals surface area (Å²) in [5, 5.41) is 0. The van der Waals surface area contributed by atoms with Gasteiger partial charge < -0.3 is 15.4 Å². The molecule has 1 amide bonds. The van der Waals surface area contributed by atoms with E-state index in [2.05, 4.69) is 6.92 Å². The van der Waals surface area contributed by atoms with E-state index >= 15 is 0 Å². The molecular formula is C15H24N2O3S. The first-order chi connectivity index (χ1) is 9.92. The number of rotatable bonds is 4. The molecule has 2 aliphatic rings. The van der Waals surface area contributed by atoms with Crippen molar-refractivity contribution >= 4 is 29.1 Å². The average Bonchev–Trinajstić information content (AvgIpc) is 2.43. The van der Waals surface area contributed by atoms with E-state index in [-0.39, 0.29) is 16.9 Å². The second-order valence-corrected chi connectivity index (χ2v) is 6.66. The standard InChI is InChI=1S/C15H24N2O3S/c1-3-20-12(18)11-6-4-5-7-17(11)14(19)15(13(16)21)8-10(2)9-15/h10-11H,3-9H2,1-2H3,(H2,16,21). The molecule has 118 valence electrons. The molecule has 5 nitrogen and oxygen atoms in total. The maximum Gasteiger partial charge on any atom is 0.328 e. The van der Waals surface area contributed by atoms with Crippen LogP contribution in [0, 0.1) is 11.3 Å². The van der Waals surface area contributed by atoms with Gasteiger partial charge in [-0.15, -0.1) is 0 Å². The van der Waals surface area contributed by atoms with Crippen LogP contribution >= 0.6 is 12.2 Å². The van der Waals surface area contributed by atoms with Crippen LogP contribution in [0.1, 0.15) is 46.0 Å². The Labute approximate surface area is 131 Å². The Hall–Kier alpha value is -1.17. The molecule has 6 heteroatoms. The predicted octanol–water partition coefficient (Wildman–Crippen LogP) is 1.63. The number of amides is 1. The molecule has 0 bridgehead atoms. The van der Waals surface area contributed by atoms with Gasteiger partial charge in [-0.05, 0) is 44.9 Å². The average molecular weight is 312 g/mol. The van der Waals surface area contributed by atoms with Gasteiger partial charge in [0, 0.05) is 6.54 Å². The molecule has 0 spiro atoms. The van der Waals surface area contributed by atoms with E-state index in [4.69, 9.17) is 22.7 Å². The lowest BCUT2D eigenvalue weighted by molar-refractivity contribution is -0.161. The number of hydrogen-bond acceptors (Lipinski definition) is 4. The van der Waals surface area contributed by atoms with Crippen molar-refractivity contribution in [1.29, 1.82) is 0 Å². The second-order valence-electron chi connectivity index (χ2n) is 6.22. The largest absolute Gasteiger partial charge is 0.464 e. The fraction of sp³-hybridized carbons (Fsp3) is 0.800. The highest BCUT2D eigenvalue weighted by Crippen LogP contribution is 2.47. The van der Waals surface area contributed by atoms with Crippen molar-refractivity contribution in [3.63, 3.8) is 0 Å². The zero-order valence-electron chi connectivity index (χ0n) is 12.8. The molecule has 0 aromatic rings. The Kier molecular flexibility index (Phi) is 4.86. The summed E-state index contributed by atoms with van der Waals surface area (Å²) in [6.07, 6.45) is 3.88. The smallest absolute Gasteiger partial charge is 0.328 e. The minimum absolute atomic E-state index is 0.0779. The van der Waals surface area contributed by atoms with Crippen molar-refractivity contribution in [3.05, 3.63) is 0 Å². The summed E-state index contributed by atoms with van der Waals surface area (Å²) in [6, 6.07) is -0.478. The molecule has 1 aliphatic heterocycles. The van der Waals surface area contributed by atoms with E-state index in [1.165, 1.54) is 0 Å². The number of nitrogens with zero attached hydrogens (tertiary/aromatic N) is 1. The predicted molar refractivity (Wildman–Crippen MR) is 83.6 cm³/mol. The second kappa shape index (κ2) is 6.30.